The van der Waals surface area contributed by atoms with Gasteiger partial charge in [0.1, 0.15) is 0 Å². The molecule has 0 amide bonds. The highest BCUT2D eigenvalue weighted by Gasteiger charge is 2.09. The zero-order valence-corrected chi connectivity index (χ0v) is 11.7. The summed E-state index contributed by atoms with van der Waals surface area (Å²) >= 11 is 6.00. The van der Waals surface area contributed by atoms with Gasteiger partial charge in [-0.2, -0.15) is 0 Å². The molecule has 1 heterocycles. The van der Waals surface area contributed by atoms with Gasteiger partial charge in [-0.3, -0.25) is 4.98 Å². The Morgan fingerprint density at radius 3 is 2.70 bits per heavy atom. The third-order valence-corrected chi connectivity index (χ3v) is 3.60. The molecule has 0 aliphatic heterocycles. The zero-order chi connectivity index (χ0) is 13.9. The number of para-hydroxylation sites is 1. The smallest absolute Gasteiger partial charge is 0.0705 e. The summed E-state index contributed by atoms with van der Waals surface area (Å²) in [5.41, 5.74) is 9.28. The fraction of sp³-hybridized carbons (Fsp3) is 0.118. The first-order valence-corrected chi connectivity index (χ1v) is 6.96. The van der Waals surface area contributed by atoms with E-state index in [1.54, 1.807) is 0 Å². The van der Waals surface area contributed by atoms with Crippen LogP contribution >= 0.6 is 11.6 Å². The van der Waals surface area contributed by atoms with Crippen LogP contribution in [0, 0.1) is 0 Å². The average Bonchev–Trinajstić information content (AvgIpc) is 2.47. The number of hydrogen-bond acceptors (Lipinski definition) is 2. The second-order valence-electron chi connectivity index (χ2n) is 4.86. The van der Waals surface area contributed by atoms with Crippen LogP contribution in [0.1, 0.15) is 17.3 Å². The van der Waals surface area contributed by atoms with Gasteiger partial charge in [-0.1, -0.05) is 48.0 Å². The Bertz CT molecular complexity index is 740. The molecule has 1 aromatic heterocycles. The molecule has 3 heteroatoms. The van der Waals surface area contributed by atoms with Crippen LogP contribution in [0.2, 0.25) is 5.02 Å². The molecule has 0 spiro atoms. The normalized spacial score (nSPS) is 12.5. The SMILES string of the molecule is NC(Cc1ccc2ccccc2n1)c1cccc(Cl)c1. The Kier molecular flexibility index (Phi) is 3.68. The number of fused-ring (bicyclic) bond motifs is 1. The van der Waals surface area contributed by atoms with Crippen molar-refractivity contribution in [1.82, 2.24) is 4.98 Å². The van der Waals surface area contributed by atoms with Gasteiger partial charge in [-0.15, -0.1) is 0 Å². The lowest BCUT2D eigenvalue weighted by atomic mass is 10.0. The predicted molar refractivity (Wildman–Crippen MR) is 83.8 cm³/mol. The zero-order valence-electron chi connectivity index (χ0n) is 11.0. The van der Waals surface area contributed by atoms with E-state index in [1.807, 2.05) is 48.5 Å². The van der Waals surface area contributed by atoms with Crippen LogP contribution in [0.15, 0.2) is 60.7 Å². The van der Waals surface area contributed by atoms with E-state index in [1.165, 1.54) is 0 Å². The van der Waals surface area contributed by atoms with Gasteiger partial charge in [0, 0.05) is 28.6 Å². The highest BCUT2D eigenvalue weighted by atomic mass is 35.5. The molecule has 2 N–H and O–H groups in total. The molecule has 0 bridgehead atoms. The van der Waals surface area contributed by atoms with Crippen molar-refractivity contribution in [1.29, 1.82) is 0 Å². The Morgan fingerprint density at radius 2 is 1.85 bits per heavy atom. The average molecular weight is 283 g/mol. The molecular weight excluding hydrogens is 268 g/mol. The van der Waals surface area contributed by atoms with Crippen LogP contribution in [0.25, 0.3) is 10.9 Å². The molecule has 0 aliphatic carbocycles. The van der Waals surface area contributed by atoms with Gasteiger partial charge < -0.3 is 5.73 Å². The Balaban J connectivity index is 1.85. The molecular formula is C17H15ClN2. The number of nitrogens with two attached hydrogens (primary N) is 1. The lowest BCUT2D eigenvalue weighted by Crippen LogP contribution is -2.14. The number of benzene rings is 2. The van der Waals surface area contributed by atoms with E-state index in [9.17, 15) is 0 Å². The van der Waals surface area contributed by atoms with E-state index in [2.05, 4.69) is 17.1 Å². The van der Waals surface area contributed by atoms with Gasteiger partial charge in [-0.05, 0) is 29.8 Å². The number of pyridine rings is 1. The van der Waals surface area contributed by atoms with Gasteiger partial charge in [0.15, 0.2) is 0 Å². The van der Waals surface area contributed by atoms with Gasteiger partial charge in [-0.25, -0.2) is 0 Å². The van der Waals surface area contributed by atoms with Crippen molar-refractivity contribution in [3.05, 3.63) is 76.9 Å². The third kappa shape index (κ3) is 2.82. The number of aromatic nitrogens is 1. The monoisotopic (exact) mass is 282 g/mol. The van der Waals surface area contributed by atoms with Crippen LogP contribution in [0.3, 0.4) is 0 Å². The second kappa shape index (κ2) is 5.61. The summed E-state index contributed by atoms with van der Waals surface area (Å²) in [6.45, 7) is 0. The highest BCUT2D eigenvalue weighted by Crippen LogP contribution is 2.20. The quantitative estimate of drug-likeness (QED) is 0.784. The predicted octanol–water partition coefficient (Wildman–Crippen LogP) is 4.13. The molecule has 20 heavy (non-hydrogen) atoms. The fourth-order valence-electron chi connectivity index (χ4n) is 2.30. The molecule has 100 valence electrons. The maximum atomic E-state index is 6.24. The lowest BCUT2D eigenvalue weighted by molar-refractivity contribution is 0.709. The maximum absolute atomic E-state index is 6.24. The summed E-state index contributed by atoms with van der Waals surface area (Å²) in [5.74, 6) is 0. The molecule has 1 unspecified atom stereocenters. The molecule has 0 fully saturated rings. The fourth-order valence-corrected chi connectivity index (χ4v) is 2.50. The van der Waals surface area contributed by atoms with Gasteiger partial charge in [0.05, 0.1) is 5.52 Å². The maximum Gasteiger partial charge on any atom is 0.0705 e. The first-order chi connectivity index (χ1) is 9.72. The van der Waals surface area contributed by atoms with E-state index < -0.39 is 0 Å². The summed E-state index contributed by atoms with van der Waals surface area (Å²) in [6, 6.07) is 19.8. The standard InChI is InChI=1S/C17H15ClN2/c18-14-6-3-5-13(10-14)16(19)11-15-9-8-12-4-1-2-7-17(12)20-15/h1-10,16H,11,19H2. The molecule has 1 atom stereocenters. The minimum atomic E-state index is -0.0950. The van der Waals surface area contributed by atoms with Crippen molar-refractivity contribution >= 4 is 22.5 Å². The topological polar surface area (TPSA) is 38.9 Å². The first-order valence-electron chi connectivity index (χ1n) is 6.58. The van der Waals surface area contributed by atoms with Gasteiger partial charge in [0.25, 0.3) is 0 Å². The molecule has 3 rings (SSSR count). The number of rotatable bonds is 3. The number of halogens is 1. The van der Waals surface area contributed by atoms with Gasteiger partial charge in [0.2, 0.25) is 0 Å². The van der Waals surface area contributed by atoms with Gasteiger partial charge >= 0.3 is 0 Å². The number of hydrogen-bond donors (Lipinski definition) is 1. The van der Waals surface area contributed by atoms with Crippen molar-refractivity contribution < 1.29 is 0 Å². The Labute approximate surface area is 123 Å². The minimum Gasteiger partial charge on any atom is -0.324 e. The van der Waals surface area contributed by atoms with Crippen molar-refractivity contribution in [3.8, 4) is 0 Å². The summed E-state index contributed by atoms with van der Waals surface area (Å²) in [6.07, 6.45) is 0.700. The van der Waals surface area contributed by atoms with Crippen LogP contribution in [0.5, 0.6) is 0 Å². The van der Waals surface area contributed by atoms with Crippen molar-refractivity contribution in [3.63, 3.8) is 0 Å². The summed E-state index contributed by atoms with van der Waals surface area (Å²) in [7, 11) is 0. The van der Waals surface area contributed by atoms with E-state index in [4.69, 9.17) is 17.3 Å². The van der Waals surface area contributed by atoms with E-state index in [0.29, 0.717) is 11.4 Å². The molecule has 0 saturated heterocycles. The van der Waals surface area contributed by atoms with Crippen LogP contribution in [0.4, 0.5) is 0 Å². The van der Waals surface area contributed by atoms with Crippen molar-refractivity contribution in [2.45, 2.75) is 12.5 Å². The Hall–Kier alpha value is -1.90. The van der Waals surface area contributed by atoms with E-state index >= 15 is 0 Å². The largest absolute Gasteiger partial charge is 0.324 e. The second-order valence-corrected chi connectivity index (χ2v) is 5.30. The highest BCUT2D eigenvalue weighted by molar-refractivity contribution is 6.30. The van der Waals surface area contributed by atoms with Crippen LogP contribution in [-0.2, 0) is 6.42 Å². The molecule has 0 saturated carbocycles. The molecule has 3 aromatic rings. The summed E-state index contributed by atoms with van der Waals surface area (Å²) < 4.78 is 0. The van der Waals surface area contributed by atoms with Crippen LogP contribution < -0.4 is 5.73 Å². The minimum absolute atomic E-state index is 0.0950. The van der Waals surface area contributed by atoms with E-state index in [-0.39, 0.29) is 6.04 Å². The van der Waals surface area contributed by atoms with E-state index in [0.717, 1.165) is 22.2 Å². The Morgan fingerprint density at radius 1 is 1.00 bits per heavy atom. The molecule has 2 nitrogen and oxygen atoms in total. The van der Waals surface area contributed by atoms with Crippen molar-refractivity contribution in [2.75, 3.05) is 0 Å². The van der Waals surface area contributed by atoms with Crippen LogP contribution in [-0.4, -0.2) is 4.98 Å². The third-order valence-electron chi connectivity index (χ3n) is 3.36. The number of nitrogens with zero attached hydrogens (tertiary/aromatic N) is 1. The summed E-state index contributed by atoms with van der Waals surface area (Å²) in [4.78, 5) is 4.65. The molecule has 2 aromatic carbocycles. The lowest BCUT2D eigenvalue weighted by Gasteiger charge is -2.12. The summed E-state index contributed by atoms with van der Waals surface area (Å²) in [5, 5.41) is 1.86. The first kappa shape index (κ1) is 13.1. The molecule has 0 aliphatic rings. The molecule has 0 radical (unpaired) electrons. The van der Waals surface area contributed by atoms with Crippen molar-refractivity contribution in [2.24, 2.45) is 5.73 Å².